The third-order valence-corrected chi connectivity index (χ3v) is 2.75. The molecule has 1 rings (SSSR count). The lowest BCUT2D eigenvalue weighted by Crippen LogP contribution is -2.39. The Kier molecular flexibility index (Phi) is 4.70. The van der Waals surface area contributed by atoms with Gasteiger partial charge in [0.15, 0.2) is 0 Å². The zero-order valence-corrected chi connectivity index (χ0v) is 12.3. The van der Waals surface area contributed by atoms with Gasteiger partial charge in [0.25, 0.3) is 0 Å². The molecule has 0 heterocycles. The molecule has 0 saturated heterocycles. The summed E-state index contributed by atoms with van der Waals surface area (Å²) in [7, 11) is 0. The van der Waals surface area contributed by atoms with E-state index in [1.54, 1.807) is 0 Å². The van der Waals surface area contributed by atoms with Crippen molar-refractivity contribution in [2.75, 3.05) is 11.9 Å². The van der Waals surface area contributed by atoms with Crippen molar-refractivity contribution in [3.8, 4) is 0 Å². The molecule has 0 unspecified atom stereocenters. The number of carbonyl (C=O) groups excluding carboxylic acids is 2. The molecule has 2 amide bonds. The van der Waals surface area contributed by atoms with Crippen LogP contribution in [-0.4, -0.2) is 18.4 Å². The number of hydrogen-bond donors (Lipinski definition) is 2. The Labute approximate surface area is 114 Å². The van der Waals surface area contributed by atoms with E-state index in [1.807, 2.05) is 52.8 Å². The van der Waals surface area contributed by atoms with Gasteiger partial charge in [0.2, 0.25) is 11.8 Å². The van der Waals surface area contributed by atoms with E-state index in [-0.39, 0.29) is 18.4 Å². The number of benzene rings is 1. The highest BCUT2D eigenvalue weighted by atomic mass is 16.2. The molecule has 0 atom stereocenters. The molecule has 0 aliphatic carbocycles. The number of amides is 2. The van der Waals surface area contributed by atoms with Crippen LogP contribution in [0.25, 0.3) is 0 Å². The van der Waals surface area contributed by atoms with Gasteiger partial charge in [-0.2, -0.15) is 0 Å². The average molecular weight is 262 g/mol. The summed E-state index contributed by atoms with van der Waals surface area (Å²) in [6, 6.07) is 5.81. The maximum atomic E-state index is 11.8. The van der Waals surface area contributed by atoms with Gasteiger partial charge in [-0.3, -0.25) is 9.59 Å². The Morgan fingerprint density at radius 2 is 1.79 bits per heavy atom. The first-order chi connectivity index (χ1) is 8.70. The van der Waals surface area contributed by atoms with E-state index in [1.165, 1.54) is 0 Å². The second kappa shape index (κ2) is 5.87. The quantitative estimate of drug-likeness (QED) is 0.878. The Morgan fingerprint density at radius 1 is 1.16 bits per heavy atom. The van der Waals surface area contributed by atoms with Crippen molar-refractivity contribution in [3.05, 3.63) is 29.3 Å². The van der Waals surface area contributed by atoms with Gasteiger partial charge in [-0.25, -0.2) is 0 Å². The summed E-state index contributed by atoms with van der Waals surface area (Å²) >= 11 is 0. The fourth-order valence-corrected chi connectivity index (χ4v) is 1.57. The van der Waals surface area contributed by atoms with Crippen LogP contribution in [0.2, 0.25) is 0 Å². The first kappa shape index (κ1) is 15.2. The van der Waals surface area contributed by atoms with Crippen molar-refractivity contribution < 1.29 is 9.59 Å². The van der Waals surface area contributed by atoms with Gasteiger partial charge >= 0.3 is 0 Å². The predicted molar refractivity (Wildman–Crippen MR) is 77.0 cm³/mol. The molecule has 0 saturated carbocycles. The molecular weight excluding hydrogens is 240 g/mol. The van der Waals surface area contributed by atoms with Gasteiger partial charge in [-0.05, 0) is 25.5 Å². The molecule has 0 fully saturated rings. The number of aryl methyl sites for hydroxylation is 2. The summed E-state index contributed by atoms with van der Waals surface area (Å²) in [4.78, 5) is 23.4. The molecule has 4 nitrogen and oxygen atoms in total. The highest BCUT2D eigenvalue weighted by Crippen LogP contribution is 2.16. The first-order valence-corrected chi connectivity index (χ1v) is 6.35. The van der Waals surface area contributed by atoms with E-state index in [0.29, 0.717) is 0 Å². The van der Waals surface area contributed by atoms with Crippen LogP contribution in [0.1, 0.15) is 31.9 Å². The fourth-order valence-electron chi connectivity index (χ4n) is 1.57. The average Bonchev–Trinajstić information content (AvgIpc) is 2.28. The molecule has 0 aromatic heterocycles. The zero-order chi connectivity index (χ0) is 14.6. The molecule has 2 N–H and O–H groups in total. The van der Waals surface area contributed by atoms with E-state index in [9.17, 15) is 9.59 Å². The lowest BCUT2D eigenvalue weighted by molar-refractivity contribution is -0.130. The van der Waals surface area contributed by atoms with Crippen LogP contribution in [0.3, 0.4) is 0 Å². The van der Waals surface area contributed by atoms with E-state index >= 15 is 0 Å². The van der Waals surface area contributed by atoms with E-state index in [4.69, 9.17) is 0 Å². The first-order valence-electron chi connectivity index (χ1n) is 6.35. The molecule has 1 aromatic carbocycles. The second-order valence-electron chi connectivity index (χ2n) is 5.80. The summed E-state index contributed by atoms with van der Waals surface area (Å²) in [5.41, 5.74) is 2.45. The fraction of sp³-hybridized carbons (Fsp3) is 0.467. The van der Waals surface area contributed by atoms with Crippen LogP contribution in [-0.2, 0) is 9.59 Å². The Hall–Kier alpha value is -1.84. The number of hydrogen-bond acceptors (Lipinski definition) is 2. The molecular formula is C15H22N2O2. The lowest BCUT2D eigenvalue weighted by atomic mass is 9.96. The molecule has 19 heavy (non-hydrogen) atoms. The van der Waals surface area contributed by atoms with Crippen molar-refractivity contribution in [1.29, 1.82) is 0 Å². The van der Waals surface area contributed by atoms with E-state index in [2.05, 4.69) is 10.6 Å². The normalized spacial score (nSPS) is 11.0. The van der Waals surface area contributed by atoms with Crippen molar-refractivity contribution in [2.45, 2.75) is 34.6 Å². The minimum Gasteiger partial charge on any atom is -0.347 e. The topological polar surface area (TPSA) is 58.2 Å². The summed E-state index contributed by atoms with van der Waals surface area (Å²) in [6.45, 7) is 9.36. The summed E-state index contributed by atoms with van der Waals surface area (Å²) in [5, 5.41) is 5.41. The van der Waals surface area contributed by atoms with Crippen LogP contribution in [0.15, 0.2) is 18.2 Å². The van der Waals surface area contributed by atoms with E-state index < -0.39 is 5.41 Å². The third-order valence-electron chi connectivity index (χ3n) is 2.75. The maximum absolute atomic E-state index is 11.8. The molecule has 0 radical (unpaired) electrons. The van der Waals surface area contributed by atoms with Crippen molar-refractivity contribution in [2.24, 2.45) is 5.41 Å². The zero-order valence-electron chi connectivity index (χ0n) is 12.3. The standard InChI is InChI=1S/C15H22N2O2/c1-10-6-7-12(11(2)8-10)17-13(18)9-16-14(19)15(3,4)5/h6-8H,9H2,1-5H3,(H,16,19)(H,17,18). The number of nitrogens with one attached hydrogen (secondary N) is 2. The monoisotopic (exact) mass is 262 g/mol. The molecule has 4 heteroatoms. The van der Waals surface area contributed by atoms with Crippen LogP contribution in [0.4, 0.5) is 5.69 Å². The highest BCUT2D eigenvalue weighted by molar-refractivity contribution is 5.95. The minimum absolute atomic E-state index is 0.0105. The van der Waals surface area contributed by atoms with Gasteiger partial charge in [0, 0.05) is 11.1 Å². The lowest BCUT2D eigenvalue weighted by Gasteiger charge is -2.17. The highest BCUT2D eigenvalue weighted by Gasteiger charge is 2.21. The summed E-state index contributed by atoms with van der Waals surface area (Å²) in [6.07, 6.45) is 0. The molecule has 104 valence electrons. The molecule has 1 aromatic rings. The van der Waals surface area contributed by atoms with Crippen LogP contribution < -0.4 is 10.6 Å². The van der Waals surface area contributed by atoms with Gasteiger partial charge in [0.05, 0.1) is 6.54 Å². The third kappa shape index (κ3) is 4.73. The predicted octanol–water partition coefficient (Wildman–Crippen LogP) is 2.40. The molecule has 0 aliphatic rings. The minimum atomic E-state index is -0.486. The van der Waals surface area contributed by atoms with Gasteiger partial charge in [-0.15, -0.1) is 0 Å². The smallest absolute Gasteiger partial charge is 0.243 e. The van der Waals surface area contributed by atoms with Crippen molar-refractivity contribution in [3.63, 3.8) is 0 Å². The number of carbonyl (C=O) groups is 2. The Morgan fingerprint density at radius 3 is 2.32 bits per heavy atom. The largest absolute Gasteiger partial charge is 0.347 e. The molecule has 0 spiro atoms. The SMILES string of the molecule is Cc1ccc(NC(=O)CNC(=O)C(C)(C)C)c(C)c1. The maximum Gasteiger partial charge on any atom is 0.243 e. The molecule has 0 aliphatic heterocycles. The summed E-state index contributed by atoms with van der Waals surface area (Å²) in [5.74, 6) is -0.354. The van der Waals surface area contributed by atoms with Crippen LogP contribution in [0.5, 0.6) is 0 Å². The number of rotatable bonds is 3. The summed E-state index contributed by atoms with van der Waals surface area (Å²) < 4.78 is 0. The Bertz CT molecular complexity index is 487. The van der Waals surface area contributed by atoms with Crippen LogP contribution >= 0.6 is 0 Å². The van der Waals surface area contributed by atoms with Crippen molar-refractivity contribution in [1.82, 2.24) is 5.32 Å². The van der Waals surface area contributed by atoms with Gasteiger partial charge < -0.3 is 10.6 Å². The number of anilines is 1. The van der Waals surface area contributed by atoms with Gasteiger partial charge in [-0.1, -0.05) is 38.5 Å². The van der Waals surface area contributed by atoms with Crippen molar-refractivity contribution >= 4 is 17.5 Å². The molecule has 0 bridgehead atoms. The van der Waals surface area contributed by atoms with Crippen LogP contribution in [0, 0.1) is 19.3 Å². The van der Waals surface area contributed by atoms with E-state index in [0.717, 1.165) is 16.8 Å². The Balaban J connectivity index is 2.54. The second-order valence-corrected chi connectivity index (χ2v) is 5.80. The van der Waals surface area contributed by atoms with Gasteiger partial charge in [0.1, 0.15) is 0 Å².